The summed E-state index contributed by atoms with van der Waals surface area (Å²) in [5, 5.41) is 9.11. The molecule has 1 amide bonds. The van der Waals surface area contributed by atoms with Crippen molar-refractivity contribution in [1.82, 2.24) is 9.80 Å². The zero-order valence-electron chi connectivity index (χ0n) is 9.72. The molecule has 5 nitrogen and oxygen atoms in total. The number of hydrogen-bond acceptors (Lipinski definition) is 3. The molecule has 1 heterocycles. The summed E-state index contributed by atoms with van der Waals surface area (Å²) in [6, 6.07) is 0.0910. The van der Waals surface area contributed by atoms with Crippen LogP contribution < -0.4 is 0 Å². The van der Waals surface area contributed by atoms with Crippen molar-refractivity contribution in [2.24, 2.45) is 5.92 Å². The molecule has 1 N–H and O–H groups in total. The van der Waals surface area contributed by atoms with Gasteiger partial charge in [0.15, 0.2) is 0 Å². The van der Waals surface area contributed by atoms with Crippen LogP contribution >= 0.6 is 0 Å². The van der Waals surface area contributed by atoms with Gasteiger partial charge in [0.2, 0.25) is 5.91 Å². The molecule has 2 rings (SSSR count). The SMILES string of the molecule is CC1C(=O)N(C2CC2)CC(C(=O)O)CN1C. The smallest absolute Gasteiger partial charge is 0.309 e. The number of amides is 1. The third-order valence-corrected chi connectivity index (χ3v) is 3.56. The van der Waals surface area contributed by atoms with Gasteiger partial charge in [-0.05, 0) is 26.8 Å². The van der Waals surface area contributed by atoms with Crippen LogP contribution in [0.1, 0.15) is 19.8 Å². The Kier molecular flexibility index (Phi) is 2.88. The Morgan fingerprint density at radius 3 is 2.50 bits per heavy atom. The number of carbonyl (C=O) groups is 2. The molecule has 0 aromatic rings. The molecule has 2 fully saturated rings. The van der Waals surface area contributed by atoms with E-state index in [1.54, 1.807) is 4.90 Å². The van der Waals surface area contributed by atoms with Crippen molar-refractivity contribution in [2.75, 3.05) is 20.1 Å². The molecular formula is C11H18N2O3. The minimum Gasteiger partial charge on any atom is -0.481 e. The molecule has 2 aliphatic rings. The maximum atomic E-state index is 12.1. The predicted octanol–water partition coefficient (Wildman–Crippen LogP) is 0.0121. The van der Waals surface area contributed by atoms with Crippen molar-refractivity contribution in [1.29, 1.82) is 0 Å². The standard InChI is InChI=1S/C11H18N2O3/c1-7-10(14)13(9-3-4-9)6-8(11(15)16)5-12(7)2/h7-9H,3-6H2,1-2H3,(H,15,16). The van der Waals surface area contributed by atoms with Crippen molar-refractivity contribution in [3.63, 3.8) is 0 Å². The van der Waals surface area contributed by atoms with Gasteiger partial charge in [-0.3, -0.25) is 14.5 Å². The van der Waals surface area contributed by atoms with Crippen LogP contribution in [-0.2, 0) is 9.59 Å². The highest BCUT2D eigenvalue weighted by Gasteiger charge is 2.41. The summed E-state index contributed by atoms with van der Waals surface area (Å²) in [6.45, 7) is 2.67. The summed E-state index contributed by atoms with van der Waals surface area (Å²) in [5.41, 5.74) is 0. The van der Waals surface area contributed by atoms with Crippen molar-refractivity contribution < 1.29 is 14.7 Å². The lowest BCUT2D eigenvalue weighted by molar-refractivity contribution is -0.142. The lowest BCUT2D eigenvalue weighted by atomic mass is 10.1. The van der Waals surface area contributed by atoms with Gasteiger partial charge in [0.1, 0.15) is 0 Å². The minimum atomic E-state index is -0.806. The molecule has 5 heteroatoms. The highest BCUT2D eigenvalue weighted by Crippen LogP contribution is 2.30. The van der Waals surface area contributed by atoms with Crippen molar-refractivity contribution in [3.05, 3.63) is 0 Å². The largest absolute Gasteiger partial charge is 0.481 e. The van der Waals surface area contributed by atoms with E-state index in [0.29, 0.717) is 19.1 Å². The second kappa shape index (κ2) is 4.05. The van der Waals surface area contributed by atoms with Crippen LogP contribution in [0.3, 0.4) is 0 Å². The molecule has 1 saturated carbocycles. The molecular weight excluding hydrogens is 208 g/mol. The van der Waals surface area contributed by atoms with Crippen molar-refractivity contribution in [3.8, 4) is 0 Å². The van der Waals surface area contributed by atoms with Crippen LogP contribution in [-0.4, -0.2) is 59.0 Å². The molecule has 1 aliphatic heterocycles. The topological polar surface area (TPSA) is 60.9 Å². The van der Waals surface area contributed by atoms with Gasteiger partial charge >= 0.3 is 5.97 Å². The number of nitrogens with zero attached hydrogens (tertiary/aromatic N) is 2. The van der Waals surface area contributed by atoms with Gasteiger partial charge in [0.05, 0.1) is 12.0 Å². The summed E-state index contributed by atoms with van der Waals surface area (Å²) in [5.74, 6) is -1.19. The molecule has 0 aromatic carbocycles. The fraction of sp³-hybridized carbons (Fsp3) is 0.818. The Morgan fingerprint density at radius 2 is 2.00 bits per heavy atom. The van der Waals surface area contributed by atoms with Gasteiger partial charge in [-0.2, -0.15) is 0 Å². The lowest BCUT2D eigenvalue weighted by Crippen LogP contribution is -2.43. The third-order valence-electron chi connectivity index (χ3n) is 3.56. The van der Waals surface area contributed by atoms with Crippen LogP contribution in [0.25, 0.3) is 0 Å². The van der Waals surface area contributed by atoms with Gasteiger partial charge < -0.3 is 10.0 Å². The van der Waals surface area contributed by atoms with Crippen LogP contribution in [0, 0.1) is 5.92 Å². The zero-order valence-corrected chi connectivity index (χ0v) is 9.72. The first-order valence-electron chi connectivity index (χ1n) is 5.74. The van der Waals surface area contributed by atoms with E-state index < -0.39 is 11.9 Å². The van der Waals surface area contributed by atoms with Gasteiger partial charge in [-0.25, -0.2) is 0 Å². The Hall–Kier alpha value is -1.10. The monoisotopic (exact) mass is 226 g/mol. The first kappa shape index (κ1) is 11.4. The Labute approximate surface area is 95.0 Å². The number of hydrogen-bond donors (Lipinski definition) is 1. The molecule has 1 saturated heterocycles. The average molecular weight is 226 g/mol. The van der Waals surface area contributed by atoms with Gasteiger partial charge in [0.25, 0.3) is 0 Å². The average Bonchev–Trinajstić information content (AvgIpc) is 3.04. The predicted molar refractivity (Wildman–Crippen MR) is 58.0 cm³/mol. The fourth-order valence-electron chi connectivity index (χ4n) is 2.19. The zero-order chi connectivity index (χ0) is 11.9. The second-order valence-corrected chi connectivity index (χ2v) is 4.87. The van der Waals surface area contributed by atoms with E-state index in [1.165, 1.54) is 0 Å². The summed E-state index contributed by atoms with van der Waals surface area (Å²) in [7, 11) is 1.81. The molecule has 2 unspecified atom stereocenters. The first-order valence-corrected chi connectivity index (χ1v) is 5.74. The quantitative estimate of drug-likeness (QED) is 0.720. The van der Waals surface area contributed by atoms with Crippen LogP contribution in [0.4, 0.5) is 0 Å². The lowest BCUT2D eigenvalue weighted by Gasteiger charge is -2.25. The van der Waals surface area contributed by atoms with Crippen LogP contribution in [0.2, 0.25) is 0 Å². The maximum absolute atomic E-state index is 12.1. The van der Waals surface area contributed by atoms with Gasteiger partial charge in [-0.15, -0.1) is 0 Å². The number of aliphatic carboxylic acids is 1. The normalized spacial score (nSPS) is 32.6. The van der Waals surface area contributed by atoms with Crippen LogP contribution in [0.15, 0.2) is 0 Å². The highest BCUT2D eigenvalue weighted by molar-refractivity contribution is 5.83. The van der Waals surface area contributed by atoms with Crippen molar-refractivity contribution >= 4 is 11.9 Å². The number of carbonyl (C=O) groups excluding carboxylic acids is 1. The maximum Gasteiger partial charge on any atom is 0.309 e. The Morgan fingerprint density at radius 1 is 1.38 bits per heavy atom. The molecule has 90 valence electrons. The van der Waals surface area contributed by atoms with E-state index in [1.807, 2.05) is 18.9 Å². The number of carboxylic acid groups (broad SMARTS) is 1. The highest BCUT2D eigenvalue weighted by atomic mass is 16.4. The molecule has 0 aromatic heterocycles. The second-order valence-electron chi connectivity index (χ2n) is 4.87. The van der Waals surface area contributed by atoms with Gasteiger partial charge in [0, 0.05) is 19.1 Å². The molecule has 16 heavy (non-hydrogen) atoms. The number of carboxylic acids is 1. The summed E-state index contributed by atoms with van der Waals surface area (Å²) in [4.78, 5) is 26.8. The Bertz CT molecular complexity index is 314. The van der Waals surface area contributed by atoms with Crippen molar-refractivity contribution in [2.45, 2.75) is 31.8 Å². The minimum absolute atomic E-state index is 0.0775. The molecule has 0 radical (unpaired) electrons. The fourth-order valence-corrected chi connectivity index (χ4v) is 2.19. The third kappa shape index (κ3) is 2.04. The summed E-state index contributed by atoms with van der Waals surface area (Å²) in [6.07, 6.45) is 2.04. The summed E-state index contributed by atoms with van der Waals surface area (Å²) >= 11 is 0. The van der Waals surface area contributed by atoms with E-state index in [4.69, 9.17) is 5.11 Å². The van der Waals surface area contributed by atoms with E-state index >= 15 is 0 Å². The van der Waals surface area contributed by atoms with E-state index in [0.717, 1.165) is 12.8 Å². The first-order chi connectivity index (χ1) is 7.50. The van der Waals surface area contributed by atoms with E-state index in [-0.39, 0.29) is 11.9 Å². The Balaban J connectivity index is 2.18. The molecule has 0 spiro atoms. The van der Waals surface area contributed by atoms with Gasteiger partial charge in [-0.1, -0.05) is 0 Å². The number of likely N-dealkylation sites (N-methyl/N-ethyl adjacent to an activating group) is 1. The van der Waals surface area contributed by atoms with Crippen LogP contribution in [0.5, 0.6) is 0 Å². The number of rotatable bonds is 2. The van der Waals surface area contributed by atoms with E-state index in [9.17, 15) is 9.59 Å². The molecule has 2 atom stereocenters. The molecule has 1 aliphatic carbocycles. The molecule has 0 bridgehead atoms. The summed E-state index contributed by atoms with van der Waals surface area (Å²) < 4.78 is 0. The van der Waals surface area contributed by atoms with E-state index in [2.05, 4.69) is 0 Å².